The second kappa shape index (κ2) is 8.85. The summed E-state index contributed by atoms with van der Waals surface area (Å²) in [4.78, 5) is 0. The van der Waals surface area contributed by atoms with Gasteiger partial charge in [-0.1, -0.05) is 34.6 Å². The van der Waals surface area contributed by atoms with Gasteiger partial charge in [-0.15, -0.1) is 0 Å². The maximum atomic E-state index is 9.92. The molecule has 2 fully saturated rings. The Kier molecular flexibility index (Phi) is 7.70. The van der Waals surface area contributed by atoms with Gasteiger partial charge in [0, 0.05) is 32.2 Å². The van der Waals surface area contributed by atoms with Crippen LogP contribution in [0.5, 0.6) is 0 Å². The smallest absolute Gasteiger partial charge is 0.191 e. The summed E-state index contributed by atoms with van der Waals surface area (Å²) in [6.45, 7) is 20.3. The number of aliphatic hydroxyl groups excluding tert-OH is 1. The summed E-state index contributed by atoms with van der Waals surface area (Å²) in [6, 6.07) is 0. The van der Waals surface area contributed by atoms with E-state index in [1.165, 1.54) is 0 Å². The summed E-state index contributed by atoms with van der Waals surface area (Å²) in [6.07, 6.45) is 0.547. The average molecular weight is 433 g/mol. The van der Waals surface area contributed by atoms with Crippen LogP contribution < -0.4 is 0 Å². The van der Waals surface area contributed by atoms with Crippen LogP contribution >= 0.6 is 0 Å². The molecule has 1 spiro atoms. The van der Waals surface area contributed by atoms with E-state index in [0.717, 1.165) is 6.42 Å². The monoisotopic (exact) mass is 432 g/mol. The summed E-state index contributed by atoms with van der Waals surface area (Å²) < 4.78 is 31.1. The lowest BCUT2D eigenvalue weighted by Gasteiger charge is -2.42. The largest absolute Gasteiger partial charge is 0.416 e. The Morgan fingerprint density at radius 3 is 2.38 bits per heavy atom. The molecular weight excluding hydrogens is 388 g/mol. The molecule has 0 aromatic heterocycles. The molecule has 1 saturated carbocycles. The normalized spacial score (nSPS) is 36.1. The highest BCUT2D eigenvalue weighted by atomic mass is 28.4. The molecule has 0 radical (unpaired) electrons. The predicted octanol–water partition coefficient (Wildman–Crippen LogP) is 4.17. The van der Waals surface area contributed by atoms with Gasteiger partial charge in [-0.25, -0.2) is 0 Å². The molecule has 6 atom stereocenters. The topological polar surface area (TPSA) is 66.4 Å². The van der Waals surface area contributed by atoms with Crippen LogP contribution in [0.4, 0.5) is 0 Å². The molecule has 172 valence electrons. The van der Waals surface area contributed by atoms with Crippen molar-refractivity contribution in [3.05, 3.63) is 0 Å². The van der Waals surface area contributed by atoms with E-state index in [4.69, 9.17) is 23.4 Å². The second-order valence-electron chi connectivity index (χ2n) is 11.1. The van der Waals surface area contributed by atoms with Gasteiger partial charge in [0.15, 0.2) is 14.1 Å². The fourth-order valence-corrected chi connectivity index (χ4v) is 5.74. The first-order valence-electron chi connectivity index (χ1n) is 10.9. The van der Waals surface area contributed by atoms with E-state index in [9.17, 15) is 5.11 Å². The van der Waals surface area contributed by atoms with Crippen LogP contribution in [0.2, 0.25) is 18.1 Å². The molecule has 1 aliphatic carbocycles. The van der Waals surface area contributed by atoms with E-state index < -0.39 is 19.7 Å². The van der Waals surface area contributed by atoms with Crippen molar-refractivity contribution in [3.63, 3.8) is 0 Å². The van der Waals surface area contributed by atoms with E-state index in [1.807, 2.05) is 20.8 Å². The van der Waals surface area contributed by atoms with Crippen LogP contribution in [0.25, 0.3) is 0 Å². The van der Waals surface area contributed by atoms with Gasteiger partial charge < -0.3 is 28.5 Å². The molecule has 2 rings (SSSR count). The lowest BCUT2D eigenvalue weighted by molar-refractivity contribution is -0.180. The molecule has 0 aromatic carbocycles. The summed E-state index contributed by atoms with van der Waals surface area (Å²) in [5, 5.41) is 10.0. The second-order valence-corrected chi connectivity index (χ2v) is 15.9. The standard InChI is InChI=1S/C22H44O6Si/c1-15-11-22(19(16(2)12-23)27-21(6,7)28-22)17(18(15)25-14-24-8)13-26-29(9,10)20(3,4)5/h15-19,23H,11-14H2,1-10H3/t15-,16-,17-,18-,19?,22+/m0/s1. The number of hydrogen-bond acceptors (Lipinski definition) is 6. The van der Waals surface area contributed by atoms with Crippen LogP contribution in [-0.4, -0.2) is 64.1 Å². The van der Waals surface area contributed by atoms with Crippen molar-refractivity contribution in [2.24, 2.45) is 17.8 Å². The number of methoxy groups -OCH3 is 1. The van der Waals surface area contributed by atoms with Crippen LogP contribution in [0.1, 0.15) is 54.9 Å². The number of rotatable bonds is 8. The molecule has 7 heteroatoms. The van der Waals surface area contributed by atoms with E-state index in [-0.39, 0.29) is 48.4 Å². The Balaban J connectivity index is 2.40. The fraction of sp³-hybridized carbons (Fsp3) is 1.00. The molecule has 29 heavy (non-hydrogen) atoms. The highest BCUT2D eigenvalue weighted by Gasteiger charge is 2.65. The quantitative estimate of drug-likeness (QED) is 0.459. The third-order valence-corrected chi connectivity index (χ3v) is 11.7. The molecule has 1 heterocycles. The van der Waals surface area contributed by atoms with E-state index in [2.05, 4.69) is 40.8 Å². The fourth-order valence-electron chi connectivity index (χ4n) is 4.71. The minimum atomic E-state index is -1.95. The van der Waals surface area contributed by atoms with Crippen molar-refractivity contribution in [3.8, 4) is 0 Å². The highest BCUT2D eigenvalue weighted by Crippen LogP contribution is 2.55. The summed E-state index contributed by atoms with van der Waals surface area (Å²) in [5.41, 5.74) is -0.550. The molecule has 0 bridgehead atoms. The van der Waals surface area contributed by atoms with Crippen molar-refractivity contribution >= 4 is 8.32 Å². The molecule has 1 saturated heterocycles. The maximum Gasteiger partial charge on any atom is 0.191 e. The third kappa shape index (κ3) is 5.08. The number of aliphatic hydroxyl groups is 1. The van der Waals surface area contributed by atoms with Crippen LogP contribution in [0.15, 0.2) is 0 Å². The molecule has 6 nitrogen and oxygen atoms in total. The lowest BCUT2D eigenvalue weighted by atomic mass is 9.80. The van der Waals surface area contributed by atoms with Gasteiger partial charge in [0.1, 0.15) is 12.4 Å². The molecule has 2 aliphatic rings. The Morgan fingerprint density at radius 2 is 1.86 bits per heavy atom. The predicted molar refractivity (Wildman–Crippen MR) is 116 cm³/mol. The van der Waals surface area contributed by atoms with Gasteiger partial charge >= 0.3 is 0 Å². The van der Waals surface area contributed by atoms with Gasteiger partial charge in [0.25, 0.3) is 0 Å². The van der Waals surface area contributed by atoms with Crippen molar-refractivity contribution < 1.29 is 28.5 Å². The zero-order chi connectivity index (χ0) is 22.3. The van der Waals surface area contributed by atoms with E-state index in [1.54, 1.807) is 7.11 Å². The zero-order valence-corrected chi connectivity index (χ0v) is 21.2. The van der Waals surface area contributed by atoms with Crippen molar-refractivity contribution in [1.82, 2.24) is 0 Å². The average Bonchev–Trinajstić information content (AvgIpc) is 3.01. The first-order chi connectivity index (χ1) is 13.2. The Hall–Kier alpha value is -0.0231. The van der Waals surface area contributed by atoms with Gasteiger partial charge in [-0.05, 0) is 44.3 Å². The van der Waals surface area contributed by atoms with Gasteiger partial charge in [0.05, 0.1) is 12.2 Å². The van der Waals surface area contributed by atoms with Crippen LogP contribution in [-0.2, 0) is 23.4 Å². The van der Waals surface area contributed by atoms with Crippen LogP contribution in [0.3, 0.4) is 0 Å². The Bertz CT molecular complexity index is 546. The van der Waals surface area contributed by atoms with Gasteiger partial charge in [-0.3, -0.25) is 0 Å². The first-order valence-corrected chi connectivity index (χ1v) is 13.8. The first kappa shape index (κ1) is 25.2. The van der Waals surface area contributed by atoms with Crippen LogP contribution in [0, 0.1) is 17.8 Å². The van der Waals surface area contributed by atoms with Crippen molar-refractivity contribution in [1.29, 1.82) is 0 Å². The highest BCUT2D eigenvalue weighted by molar-refractivity contribution is 6.74. The van der Waals surface area contributed by atoms with Crippen molar-refractivity contribution in [2.75, 3.05) is 27.1 Å². The van der Waals surface area contributed by atoms with Gasteiger partial charge in [0.2, 0.25) is 0 Å². The summed E-state index contributed by atoms with van der Waals surface area (Å²) in [7, 11) is -0.304. The molecule has 0 aromatic rings. The Morgan fingerprint density at radius 1 is 1.24 bits per heavy atom. The molecule has 1 N–H and O–H groups in total. The molecule has 1 aliphatic heterocycles. The minimum absolute atomic E-state index is 0.00236. The minimum Gasteiger partial charge on any atom is -0.416 e. The Labute approximate surface area is 178 Å². The number of ether oxygens (including phenoxy) is 4. The third-order valence-electron chi connectivity index (χ3n) is 7.17. The van der Waals surface area contributed by atoms with E-state index >= 15 is 0 Å². The maximum absolute atomic E-state index is 9.92. The lowest BCUT2D eigenvalue weighted by Crippen LogP contribution is -2.53. The summed E-state index contributed by atoms with van der Waals surface area (Å²) in [5.74, 6) is -0.480. The van der Waals surface area contributed by atoms with Crippen molar-refractivity contribution in [2.45, 2.75) is 96.6 Å². The van der Waals surface area contributed by atoms with E-state index in [0.29, 0.717) is 6.61 Å². The number of hydrogen-bond donors (Lipinski definition) is 1. The molecule has 1 unspecified atom stereocenters. The SMILES string of the molecule is COCO[C@H]1[C@@H](C)C[C@@]2(OC(C)(C)OC2[C@@H](C)CO)[C@H]1CO[Si](C)(C)C(C)(C)C. The van der Waals surface area contributed by atoms with Gasteiger partial charge in [-0.2, -0.15) is 0 Å². The summed E-state index contributed by atoms with van der Waals surface area (Å²) >= 11 is 0. The molecule has 0 amide bonds. The zero-order valence-electron chi connectivity index (χ0n) is 20.2. The molecular formula is C22H44O6Si.